The second-order valence-electron chi connectivity index (χ2n) is 11.0. The van der Waals surface area contributed by atoms with Crippen LogP contribution in [0.3, 0.4) is 0 Å². The molecule has 0 bridgehead atoms. The maximum Gasteiger partial charge on any atom is 0.407 e. The zero-order valence-electron chi connectivity index (χ0n) is 23.7. The van der Waals surface area contributed by atoms with Crippen LogP contribution < -0.4 is 5.32 Å². The highest BCUT2D eigenvalue weighted by atomic mass is 35.5. The van der Waals surface area contributed by atoms with Gasteiger partial charge in [0.1, 0.15) is 6.61 Å². The Labute approximate surface area is 253 Å². The summed E-state index contributed by atoms with van der Waals surface area (Å²) in [5.41, 5.74) is 8.98. The van der Waals surface area contributed by atoms with E-state index in [1.807, 2.05) is 36.4 Å². The lowest BCUT2D eigenvalue weighted by Gasteiger charge is -2.37. The molecule has 0 heterocycles. The predicted octanol–water partition coefficient (Wildman–Crippen LogP) is 9.30. The van der Waals surface area contributed by atoms with Crippen molar-refractivity contribution < 1.29 is 9.53 Å². The molecule has 0 aromatic heterocycles. The zero-order valence-corrected chi connectivity index (χ0v) is 24.5. The van der Waals surface area contributed by atoms with E-state index in [4.69, 9.17) is 16.3 Å². The fourth-order valence-corrected chi connectivity index (χ4v) is 6.76. The molecular formula is C38H34ClNO2. The number of aryl methyl sites for hydroxylation is 1. The number of hydrogen-bond donors (Lipinski definition) is 1. The quantitative estimate of drug-likeness (QED) is 0.141. The first-order valence-corrected chi connectivity index (χ1v) is 14.9. The Morgan fingerprint density at radius 1 is 0.738 bits per heavy atom. The van der Waals surface area contributed by atoms with E-state index in [0.29, 0.717) is 13.2 Å². The maximum absolute atomic E-state index is 12.9. The monoisotopic (exact) mass is 571 g/mol. The van der Waals surface area contributed by atoms with Crippen molar-refractivity contribution in [1.29, 1.82) is 0 Å². The number of carbonyl (C=O) groups excluding carboxylic acids is 1. The highest BCUT2D eigenvalue weighted by molar-refractivity contribution is 6.31. The largest absolute Gasteiger partial charge is 0.449 e. The van der Waals surface area contributed by atoms with Gasteiger partial charge in [-0.05, 0) is 64.8 Å². The highest BCUT2D eigenvalue weighted by Crippen LogP contribution is 2.46. The van der Waals surface area contributed by atoms with Crippen LogP contribution in [0.2, 0.25) is 5.02 Å². The third-order valence-electron chi connectivity index (χ3n) is 8.49. The van der Waals surface area contributed by atoms with E-state index in [2.05, 4.69) is 103 Å². The average Bonchev–Trinajstić information content (AvgIpc) is 3.35. The third kappa shape index (κ3) is 5.33. The summed E-state index contributed by atoms with van der Waals surface area (Å²) in [4.78, 5) is 12.9. The number of rotatable bonds is 9. The van der Waals surface area contributed by atoms with Gasteiger partial charge in [-0.25, -0.2) is 4.79 Å². The fourth-order valence-electron chi connectivity index (χ4n) is 6.46. The summed E-state index contributed by atoms with van der Waals surface area (Å²) < 4.78 is 5.79. The Morgan fingerprint density at radius 2 is 1.31 bits per heavy atom. The molecule has 1 amide bonds. The molecule has 42 heavy (non-hydrogen) atoms. The minimum absolute atomic E-state index is 0.0376. The minimum atomic E-state index is -0.476. The molecule has 1 aliphatic carbocycles. The van der Waals surface area contributed by atoms with Crippen molar-refractivity contribution >= 4 is 17.7 Å². The molecule has 5 aromatic rings. The lowest BCUT2D eigenvalue weighted by atomic mass is 9.66. The zero-order chi connectivity index (χ0) is 28.9. The second kappa shape index (κ2) is 12.3. The SMILES string of the molecule is Cc1ccc(C(CCCNC(=O)OCC2c3ccccc3-c3ccccc32)(c2ccccc2)c2ccccc2Cl)cc1. The molecule has 0 saturated heterocycles. The molecular weight excluding hydrogens is 538 g/mol. The summed E-state index contributed by atoms with van der Waals surface area (Å²) in [6.45, 7) is 2.89. The smallest absolute Gasteiger partial charge is 0.407 e. The van der Waals surface area contributed by atoms with Gasteiger partial charge < -0.3 is 10.1 Å². The van der Waals surface area contributed by atoms with Gasteiger partial charge in [0.2, 0.25) is 0 Å². The number of alkyl carbamates (subject to hydrolysis) is 1. The van der Waals surface area contributed by atoms with Gasteiger partial charge in [-0.1, -0.05) is 138 Å². The van der Waals surface area contributed by atoms with Crippen LogP contribution in [0.25, 0.3) is 11.1 Å². The molecule has 3 nitrogen and oxygen atoms in total. The van der Waals surface area contributed by atoms with Crippen molar-refractivity contribution in [3.63, 3.8) is 0 Å². The van der Waals surface area contributed by atoms with Crippen molar-refractivity contribution in [3.05, 3.63) is 166 Å². The van der Waals surface area contributed by atoms with Gasteiger partial charge in [0.15, 0.2) is 0 Å². The van der Waals surface area contributed by atoms with Crippen LogP contribution in [0, 0.1) is 6.92 Å². The topological polar surface area (TPSA) is 38.3 Å². The normalized spacial score (nSPS) is 13.6. The van der Waals surface area contributed by atoms with Crippen LogP contribution in [-0.2, 0) is 10.2 Å². The predicted molar refractivity (Wildman–Crippen MR) is 171 cm³/mol. The van der Waals surface area contributed by atoms with Crippen LogP contribution in [-0.4, -0.2) is 19.2 Å². The molecule has 1 N–H and O–H groups in total. The van der Waals surface area contributed by atoms with Crippen LogP contribution >= 0.6 is 11.6 Å². The highest BCUT2D eigenvalue weighted by Gasteiger charge is 2.37. The first kappa shape index (κ1) is 27.8. The lowest BCUT2D eigenvalue weighted by Crippen LogP contribution is -2.32. The Morgan fingerprint density at radius 3 is 1.98 bits per heavy atom. The van der Waals surface area contributed by atoms with Gasteiger partial charge in [-0.15, -0.1) is 0 Å². The van der Waals surface area contributed by atoms with Gasteiger partial charge in [0.05, 0.1) is 0 Å². The van der Waals surface area contributed by atoms with Crippen molar-refractivity contribution in [3.8, 4) is 11.1 Å². The Kier molecular flexibility index (Phi) is 8.12. The third-order valence-corrected chi connectivity index (χ3v) is 8.82. The number of fused-ring (bicyclic) bond motifs is 3. The number of amides is 1. The number of carbonyl (C=O) groups is 1. The Bertz CT molecular complexity index is 1640. The molecule has 0 aliphatic heterocycles. The maximum atomic E-state index is 12.9. The first-order valence-electron chi connectivity index (χ1n) is 14.5. The summed E-state index contributed by atoms with van der Waals surface area (Å²) in [5.74, 6) is 0.0376. The Balaban J connectivity index is 1.18. The minimum Gasteiger partial charge on any atom is -0.449 e. The van der Waals surface area contributed by atoms with Crippen LogP contribution in [0.15, 0.2) is 127 Å². The standard InChI is InChI=1S/C38H34ClNO2/c1-27-20-22-29(23-21-27)38(28-12-3-2-4-13-28,35-18-9-10-19-36(35)39)24-11-25-40-37(41)42-26-34-32-16-7-5-14-30(32)31-15-6-8-17-33(31)34/h2-10,12-23,34H,11,24-26H2,1H3,(H,40,41). The summed E-state index contributed by atoms with van der Waals surface area (Å²) >= 11 is 6.89. The number of nitrogens with one attached hydrogen (secondary N) is 1. The van der Waals surface area contributed by atoms with Gasteiger partial charge in [0.25, 0.3) is 0 Å². The van der Waals surface area contributed by atoms with Crippen molar-refractivity contribution in [2.75, 3.05) is 13.2 Å². The van der Waals surface area contributed by atoms with Gasteiger partial charge in [-0.3, -0.25) is 0 Å². The molecule has 0 saturated carbocycles. The summed E-state index contributed by atoms with van der Waals surface area (Å²) in [5, 5.41) is 3.74. The number of halogens is 1. The Hall–Kier alpha value is -4.34. The second-order valence-corrected chi connectivity index (χ2v) is 11.4. The summed E-state index contributed by atoms with van der Waals surface area (Å²) in [6.07, 6.45) is 1.10. The number of benzene rings is 5. The molecule has 1 unspecified atom stereocenters. The molecule has 0 radical (unpaired) electrons. The summed E-state index contributed by atoms with van der Waals surface area (Å²) in [6, 6.07) is 44.0. The van der Waals surface area contributed by atoms with Crippen molar-refractivity contribution in [2.45, 2.75) is 31.1 Å². The molecule has 6 rings (SSSR count). The molecule has 210 valence electrons. The van der Waals surface area contributed by atoms with Crippen molar-refractivity contribution in [1.82, 2.24) is 5.32 Å². The summed E-state index contributed by atoms with van der Waals surface area (Å²) in [7, 11) is 0. The van der Waals surface area contributed by atoms with E-state index in [0.717, 1.165) is 23.4 Å². The fraction of sp³-hybridized carbons (Fsp3) is 0.184. The van der Waals surface area contributed by atoms with Gasteiger partial charge in [0, 0.05) is 22.9 Å². The number of ether oxygens (including phenoxy) is 1. The number of hydrogen-bond acceptors (Lipinski definition) is 2. The first-order chi connectivity index (χ1) is 20.6. The van der Waals surface area contributed by atoms with E-state index in [1.165, 1.54) is 38.9 Å². The van der Waals surface area contributed by atoms with Crippen LogP contribution in [0.4, 0.5) is 4.79 Å². The lowest BCUT2D eigenvalue weighted by molar-refractivity contribution is 0.142. The van der Waals surface area contributed by atoms with Crippen LogP contribution in [0.1, 0.15) is 52.1 Å². The van der Waals surface area contributed by atoms with Crippen LogP contribution in [0.5, 0.6) is 0 Å². The van der Waals surface area contributed by atoms with E-state index < -0.39 is 11.5 Å². The van der Waals surface area contributed by atoms with E-state index in [1.54, 1.807) is 0 Å². The molecule has 1 atom stereocenters. The van der Waals surface area contributed by atoms with E-state index in [-0.39, 0.29) is 5.92 Å². The van der Waals surface area contributed by atoms with E-state index >= 15 is 0 Å². The average molecular weight is 572 g/mol. The molecule has 1 aliphatic rings. The van der Waals surface area contributed by atoms with E-state index in [9.17, 15) is 4.79 Å². The molecule has 5 aromatic carbocycles. The molecule has 4 heteroatoms. The molecule has 0 fully saturated rings. The van der Waals surface area contributed by atoms with Crippen molar-refractivity contribution in [2.24, 2.45) is 0 Å². The van der Waals surface area contributed by atoms with Gasteiger partial charge >= 0.3 is 6.09 Å². The van der Waals surface area contributed by atoms with Gasteiger partial charge in [-0.2, -0.15) is 0 Å². The molecule has 0 spiro atoms.